The number of nitrogens with one attached hydrogen (secondary N) is 2. The molecule has 1 saturated heterocycles. The van der Waals surface area contributed by atoms with Crippen LogP contribution in [0.2, 0.25) is 0 Å². The van der Waals surface area contributed by atoms with Crippen LogP contribution < -0.4 is 25.6 Å². The molecule has 1 aliphatic heterocycles. The smallest absolute Gasteiger partial charge is 0.229 e. The lowest BCUT2D eigenvalue weighted by Gasteiger charge is -2.31. The summed E-state index contributed by atoms with van der Waals surface area (Å²) in [7, 11) is 1.17. The molecule has 0 atom stereocenters. The molecule has 0 aliphatic carbocycles. The molecule has 0 amide bonds. The first-order valence-corrected chi connectivity index (χ1v) is 16.1. The number of benzene rings is 2. The van der Waals surface area contributed by atoms with E-state index in [-0.39, 0.29) is 0 Å². The van der Waals surface area contributed by atoms with E-state index in [0.29, 0.717) is 30.7 Å². The van der Waals surface area contributed by atoms with Crippen molar-refractivity contribution in [2.45, 2.75) is 0 Å². The first kappa shape index (κ1) is 27.3. The van der Waals surface area contributed by atoms with Gasteiger partial charge in [0.2, 0.25) is 5.95 Å². The number of methoxy groups -OCH3 is 1. The van der Waals surface area contributed by atoms with E-state index >= 15 is 0 Å². The highest BCUT2D eigenvalue weighted by atomic mass is 79.9. The summed E-state index contributed by atoms with van der Waals surface area (Å²) in [4.78, 5) is 20.7. The van der Waals surface area contributed by atoms with Crippen molar-refractivity contribution in [1.29, 1.82) is 0 Å². The molecule has 0 spiro atoms. The Morgan fingerprint density at radius 2 is 1.80 bits per heavy atom. The average molecular weight is 634 g/mol. The van der Waals surface area contributed by atoms with Crippen molar-refractivity contribution in [2.24, 2.45) is 0 Å². The summed E-state index contributed by atoms with van der Waals surface area (Å²) in [5.41, 5.74) is 5.35. The molecule has 0 bridgehead atoms. The van der Waals surface area contributed by atoms with Gasteiger partial charge in [0.1, 0.15) is 11.6 Å². The Bertz CT molecular complexity index is 1680. The van der Waals surface area contributed by atoms with Crippen molar-refractivity contribution in [1.82, 2.24) is 29.7 Å². The molecular formula is C28H29BrN9O2P. The van der Waals surface area contributed by atoms with Crippen LogP contribution in [0, 0.1) is 0 Å². The summed E-state index contributed by atoms with van der Waals surface area (Å²) in [5.74, 6) is 1.71. The lowest BCUT2D eigenvalue weighted by atomic mass is 10.2. The zero-order chi connectivity index (χ0) is 28.3. The van der Waals surface area contributed by atoms with Crippen molar-refractivity contribution in [3.63, 3.8) is 0 Å². The van der Waals surface area contributed by atoms with Gasteiger partial charge in [-0.05, 0) is 53.5 Å². The van der Waals surface area contributed by atoms with Gasteiger partial charge in [0.25, 0.3) is 0 Å². The second-order valence-corrected chi connectivity index (χ2v) is 12.6. The number of rotatable bonds is 8. The summed E-state index contributed by atoms with van der Waals surface area (Å²) < 4.78 is 14.0. The number of anilines is 5. The molecule has 2 aromatic carbocycles. The molecule has 41 heavy (non-hydrogen) atoms. The largest absolute Gasteiger partial charge is 0.494 e. The van der Waals surface area contributed by atoms with Crippen molar-refractivity contribution >= 4 is 69.0 Å². The molecule has 0 saturated carbocycles. The van der Waals surface area contributed by atoms with Crippen LogP contribution >= 0.6 is 23.9 Å². The number of morpholine rings is 1. The van der Waals surface area contributed by atoms with Crippen LogP contribution in [0.25, 0.3) is 16.7 Å². The van der Waals surface area contributed by atoms with Gasteiger partial charge in [-0.15, -0.1) is 0 Å². The highest BCUT2D eigenvalue weighted by molar-refractivity contribution is 9.10. The number of halogens is 1. The maximum absolute atomic E-state index is 5.81. The Morgan fingerprint density at radius 1 is 0.976 bits per heavy atom. The third-order valence-corrected chi connectivity index (χ3v) is 8.63. The van der Waals surface area contributed by atoms with Crippen molar-refractivity contribution < 1.29 is 9.47 Å². The van der Waals surface area contributed by atoms with E-state index in [9.17, 15) is 0 Å². The number of hydrogen-bond acceptors (Lipinski definition) is 10. The SMILES string of the molecule is COc1cc(N2CCOCC2)c(-n2cccn2)cc1Nc1ncc(Br)c(Nc2ccc3nccnc3c2P(C)C)n1. The van der Waals surface area contributed by atoms with E-state index in [2.05, 4.69) is 64.8 Å². The zero-order valence-electron chi connectivity index (χ0n) is 22.9. The number of hydrogen-bond donors (Lipinski definition) is 2. The summed E-state index contributed by atoms with van der Waals surface area (Å²) in [5, 5.41) is 12.5. The Hall–Kier alpha value is -3.86. The number of aromatic nitrogens is 6. The van der Waals surface area contributed by atoms with Gasteiger partial charge in [-0.2, -0.15) is 10.1 Å². The predicted octanol–water partition coefficient (Wildman–Crippen LogP) is 5.07. The van der Waals surface area contributed by atoms with E-state index in [4.69, 9.17) is 14.5 Å². The summed E-state index contributed by atoms with van der Waals surface area (Å²) >= 11 is 3.61. The van der Waals surface area contributed by atoms with Gasteiger partial charge >= 0.3 is 0 Å². The quantitative estimate of drug-likeness (QED) is 0.224. The Morgan fingerprint density at radius 3 is 2.56 bits per heavy atom. The molecular weight excluding hydrogens is 605 g/mol. The summed E-state index contributed by atoms with van der Waals surface area (Å²) in [6, 6.07) is 9.94. The topological polar surface area (TPSA) is 115 Å². The van der Waals surface area contributed by atoms with Gasteiger partial charge in [0.15, 0.2) is 0 Å². The molecule has 4 heterocycles. The summed E-state index contributed by atoms with van der Waals surface area (Å²) in [6.45, 7) is 7.33. The normalized spacial score (nSPS) is 13.5. The van der Waals surface area contributed by atoms with Crippen LogP contribution in [-0.4, -0.2) is 76.5 Å². The lowest BCUT2D eigenvalue weighted by Crippen LogP contribution is -2.36. The molecule has 1 aliphatic rings. The minimum atomic E-state index is -0.483. The van der Waals surface area contributed by atoms with Gasteiger partial charge in [0, 0.05) is 61.1 Å². The zero-order valence-corrected chi connectivity index (χ0v) is 25.4. The first-order valence-electron chi connectivity index (χ1n) is 13.0. The van der Waals surface area contributed by atoms with E-state index in [0.717, 1.165) is 56.6 Å². The van der Waals surface area contributed by atoms with Crippen LogP contribution in [0.15, 0.2) is 65.8 Å². The van der Waals surface area contributed by atoms with Crippen molar-refractivity contribution in [3.05, 3.63) is 65.8 Å². The van der Waals surface area contributed by atoms with E-state index in [1.807, 2.05) is 41.2 Å². The van der Waals surface area contributed by atoms with E-state index in [1.165, 1.54) is 0 Å². The van der Waals surface area contributed by atoms with Crippen molar-refractivity contribution in [2.75, 3.05) is 62.3 Å². The van der Waals surface area contributed by atoms with Gasteiger partial charge in [-0.25, -0.2) is 9.67 Å². The van der Waals surface area contributed by atoms with Crippen LogP contribution in [0.3, 0.4) is 0 Å². The standard InChI is InChI=1S/C28H29BrN9O2P/c1-39-24-16-22(37-11-13-40-14-12-37)23(38-10-4-7-33-38)15-21(24)35-28-32-17-18(29)27(36-28)34-20-6-5-19-25(26(20)41(2)3)31-9-8-30-19/h4-10,15-17H,11-14H2,1-3H3,(H2,32,34,35,36). The maximum atomic E-state index is 5.81. The molecule has 11 nitrogen and oxygen atoms in total. The van der Waals surface area contributed by atoms with Crippen LogP contribution in [-0.2, 0) is 4.74 Å². The number of fused-ring (bicyclic) bond motifs is 1. The minimum Gasteiger partial charge on any atom is -0.494 e. The van der Waals surface area contributed by atoms with E-state index < -0.39 is 7.92 Å². The maximum Gasteiger partial charge on any atom is 0.229 e. The van der Waals surface area contributed by atoms with Crippen molar-refractivity contribution in [3.8, 4) is 11.4 Å². The molecule has 13 heteroatoms. The molecule has 0 radical (unpaired) electrons. The molecule has 1 fully saturated rings. The predicted molar refractivity (Wildman–Crippen MR) is 167 cm³/mol. The highest BCUT2D eigenvalue weighted by Gasteiger charge is 2.21. The first-order chi connectivity index (χ1) is 20.0. The lowest BCUT2D eigenvalue weighted by molar-refractivity contribution is 0.122. The highest BCUT2D eigenvalue weighted by Crippen LogP contribution is 2.38. The van der Waals surface area contributed by atoms with Gasteiger partial charge in [0.05, 0.1) is 52.9 Å². The van der Waals surface area contributed by atoms with Gasteiger partial charge in [-0.3, -0.25) is 9.97 Å². The average Bonchev–Trinajstić information content (AvgIpc) is 3.54. The van der Waals surface area contributed by atoms with E-state index in [1.54, 1.807) is 31.9 Å². The molecule has 6 rings (SSSR count). The van der Waals surface area contributed by atoms with Crippen LogP contribution in [0.5, 0.6) is 5.75 Å². The number of ether oxygens (including phenoxy) is 2. The second-order valence-electron chi connectivity index (χ2n) is 9.51. The van der Waals surface area contributed by atoms with Gasteiger partial charge in [-0.1, -0.05) is 7.92 Å². The fourth-order valence-electron chi connectivity index (χ4n) is 4.82. The van der Waals surface area contributed by atoms with Crippen LogP contribution in [0.1, 0.15) is 0 Å². The third-order valence-electron chi connectivity index (χ3n) is 6.70. The Kier molecular flexibility index (Phi) is 7.95. The fourth-order valence-corrected chi connectivity index (χ4v) is 6.31. The monoisotopic (exact) mass is 633 g/mol. The second kappa shape index (κ2) is 11.9. The molecule has 0 unspecified atom stereocenters. The molecule has 2 N–H and O–H groups in total. The molecule has 3 aromatic heterocycles. The summed E-state index contributed by atoms with van der Waals surface area (Å²) in [6.07, 6.45) is 8.86. The Balaban J connectivity index is 1.36. The molecule has 210 valence electrons. The third kappa shape index (κ3) is 5.68. The minimum absolute atomic E-state index is 0.414. The Labute approximate surface area is 247 Å². The molecule has 5 aromatic rings. The number of nitrogens with zero attached hydrogens (tertiary/aromatic N) is 7. The van der Waals surface area contributed by atoms with Gasteiger partial charge < -0.3 is 25.0 Å². The van der Waals surface area contributed by atoms with Crippen LogP contribution in [0.4, 0.5) is 28.8 Å². The fraction of sp³-hybridized carbons (Fsp3) is 0.250.